The highest BCUT2D eigenvalue weighted by Crippen LogP contribution is 2.15. The minimum atomic E-state index is -4.50. The number of alkyl halides is 3. The standard InChI is InChI=1S/C9H15F3N2O3/c1-3-4-6(7(15)16)13-8(17)14(2)5-9(10,11)12/h6H,3-5H2,1-2H3,(H,13,17)(H,15,16). The van der Waals surface area contributed by atoms with Gasteiger partial charge in [-0.05, 0) is 6.42 Å². The van der Waals surface area contributed by atoms with Crippen molar-refractivity contribution in [2.24, 2.45) is 0 Å². The van der Waals surface area contributed by atoms with Crippen LogP contribution in [0.25, 0.3) is 0 Å². The molecule has 0 rings (SSSR count). The quantitative estimate of drug-likeness (QED) is 0.782. The van der Waals surface area contributed by atoms with Crippen LogP contribution in [0, 0.1) is 0 Å². The van der Waals surface area contributed by atoms with E-state index in [1.165, 1.54) is 0 Å². The molecule has 0 aromatic rings. The second-order valence-electron chi connectivity index (χ2n) is 3.60. The maximum Gasteiger partial charge on any atom is 0.406 e. The van der Waals surface area contributed by atoms with Crippen molar-refractivity contribution >= 4 is 12.0 Å². The van der Waals surface area contributed by atoms with Crippen molar-refractivity contribution < 1.29 is 27.9 Å². The van der Waals surface area contributed by atoms with Crippen LogP contribution in [0.1, 0.15) is 19.8 Å². The van der Waals surface area contributed by atoms with Crippen LogP contribution >= 0.6 is 0 Å². The van der Waals surface area contributed by atoms with Crippen molar-refractivity contribution in [2.75, 3.05) is 13.6 Å². The molecule has 0 fully saturated rings. The Bertz CT molecular complexity index is 281. The fourth-order valence-corrected chi connectivity index (χ4v) is 1.15. The molecule has 100 valence electrons. The third-order valence-corrected chi connectivity index (χ3v) is 1.94. The summed E-state index contributed by atoms with van der Waals surface area (Å²) in [5, 5.41) is 10.7. The van der Waals surface area contributed by atoms with E-state index in [2.05, 4.69) is 0 Å². The summed E-state index contributed by atoms with van der Waals surface area (Å²) in [5.41, 5.74) is 0. The van der Waals surface area contributed by atoms with E-state index in [0.717, 1.165) is 7.05 Å². The van der Waals surface area contributed by atoms with Gasteiger partial charge < -0.3 is 15.3 Å². The van der Waals surface area contributed by atoms with Gasteiger partial charge in [-0.15, -0.1) is 0 Å². The summed E-state index contributed by atoms with van der Waals surface area (Å²) in [7, 11) is 0.952. The van der Waals surface area contributed by atoms with Gasteiger partial charge in [0.05, 0.1) is 0 Å². The van der Waals surface area contributed by atoms with Gasteiger partial charge in [0.15, 0.2) is 0 Å². The van der Waals surface area contributed by atoms with Crippen molar-refractivity contribution in [3.8, 4) is 0 Å². The Morgan fingerprint density at radius 2 is 1.94 bits per heavy atom. The first-order valence-electron chi connectivity index (χ1n) is 4.98. The van der Waals surface area contributed by atoms with Gasteiger partial charge in [-0.3, -0.25) is 0 Å². The van der Waals surface area contributed by atoms with Crippen LogP contribution in [0.4, 0.5) is 18.0 Å². The van der Waals surface area contributed by atoms with Crippen LogP contribution < -0.4 is 5.32 Å². The molecule has 2 amide bonds. The summed E-state index contributed by atoms with van der Waals surface area (Å²) >= 11 is 0. The Kier molecular flexibility index (Phi) is 5.77. The number of urea groups is 1. The predicted octanol–water partition coefficient (Wildman–Crippen LogP) is 1.44. The molecular formula is C9H15F3N2O3. The largest absolute Gasteiger partial charge is 0.480 e. The van der Waals surface area contributed by atoms with Crippen LogP contribution in [-0.2, 0) is 4.79 Å². The number of aliphatic carboxylic acids is 1. The van der Waals surface area contributed by atoms with E-state index < -0.39 is 30.8 Å². The normalized spacial score (nSPS) is 13.0. The number of carboxylic acid groups (broad SMARTS) is 1. The summed E-state index contributed by atoms with van der Waals surface area (Å²) in [6.07, 6.45) is -3.84. The molecule has 2 N–H and O–H groups in total. The topological polar surface area (TPSA) is 69.6 Å². The molecule has 0 aromatic heterocycles. The number of hydrogen-bond donors (Lipinski definition) is 2. The lowest BCUT2D eigenvalue weighted by atomic mass is 10.2. The molecule has 5 nitrogen and oxygen atoms in total. The Morgan fingerprint density at radius 1 is 1.41 bits per heavy atom. The first-order valence-corrected chi connectivity index (χ1v) is 4.98. The number of carbonyl (C=O) groups excluding carboxylic acids is 1. The average Bonchev–Trinajstić information content (AvgIpc) is 2.13. The summed E-state index contributed by atoms with van der Waals surface area (Å²) in [6, 6.07) is -2.22. The third-order valence-electron chi connectivity index (χ3n) is 1.94. The minimum absolute atomic E-state index is 0.168. The Balaban J connectivity index is 4.35. The Hall–Kier alpha value is -1.47. The lowest BCUT2D eigenvalue weighted by Gasteiger charge is -2.22. The minimum Gasteiger partial charge on any atom is -0.480 e. The number of nitrogens with one attached hydrogen (secondary N) is 1. The van der Waals surface area contributed by atoms with E-state index in [1.807, 2.05) is 5.32 Å². The van der Waals surface area contributed by atoms with Crippen LogP contribution in [0.15, 0.2) is 0 Å². The van der Waals surface area contributed by atoms with E-state index in [1.54, 1.807) is 6.92 Å². The summed E-state index contributed by atoms with van der Waals surface area (Å²) < 4.78 is 35.9. The first-order chi connectivity index (χ1) is 7.67. The highest BCUT2D eigenvalue weighted by atomic mass is 19.4. The molecule has 0 saturated heterocycles. The van der Waals surface area contributed by atoms with Gasteiger partial charge in [0.2, 0.25) is 0 Å². The van der Waals surface area contributed by atoms with E-state index in [-0.39, 0.29) is 6.42 Å². The highest BCUT2D eigenvalue weighted by Gasteiger charge is 2.32. The molecule has 1 atom stereocenters. The molecule has 0 spiro atoms. The smallest absolute Gasteiger partial charge is 0.406 e. The number of halogens is 3. The van der Waals surface area contributed by atoms with E-state index in [4.69, 9.17) is 5.11 Å². The van der Waals surface area contributed by atoms with Gasteiger partial charge in [0.1, 0.15) is 12.6 Å². The number of amides is 2. The van der Waals surface area contributed by atoms with E-state index in [9.17, 15) is 22.8 Å². The maximum atomic E-state index is 12.0. The molecule has 0 aliphatic heterocycles. The Labute approximate surface area is 96.6 Å². The number of carbonyl (C=O) groups is 2. The number of hydrogen-bond acceptors (Lipinski definition) is 2. The van der Waals surface area contributed by atoms with Crippen LogP contribution in [0.2, 0.25) is 0 Å². The van der Waals surface area contributed by atoms with Crippen LogP contribution in [0.5, 0.6) is 0 Å². The second kappa shape index (κ2) is 6.31. The van der Waals surface area contributed by atoms with Crippen molar-refractivity contribution in [2.45, 2.75) is 32.0 Å². The van der Waals surface area contributed by atoms with Gasteiger partial charge >= 0.3 is 18.2 Å². The molecule has 0 aromatic carbocycles. The van der Waals surface area contributed by atoms with Crippen molar-refractivity contribution in [3.05, 3.63) is 0 Å². The molecule has 0 saturated carbocycles. The Morgan fingerprint density at radius 3 is 2.29 bits per heavy atom. The lowest BCUT2D eigenvalue weighted by Crippen LogP contribution is -2.48. The molecule has 0 aliphatic carbocycles. The first kappa shape index (κ1) is 15.5. The molecule has 0 radical (unpaired) electrons. The van der Waals surface area contributed by atoms with E-state index >= 15 is 0 Å². The molecule has 17 heavy (non-hydrogen) atoms. The fourth-order valence-electron chi connectivity index (χ4n) is 1.15. The fraction of sp³-hybridized carbons (Fsp3) is 0.778. The number of rotatable bonds is 5. The van der Waals surface area contributed by atoms with Gasteiger partial charge in [0, 0.05) is 7.05 Å². The van der Waals surface area contributed by atoms with Crippen molar-refractivity contribution in [1.29, 1.82) is 0 Å². The average molecular weight is 256 g/mol. The van der Waals surface area contributed by atoms with E-state index in [0.29, 0.717) is 11.3 Å². The molecule has 8 heteroatoms. The monoisotopic (exact) mass is 256 g/mol. The zero-order chi connectivity index (χ0) is 13.6. The van der Waals surface area contributed by atoms with Crippen molar-refractivity contribution in [1.82, 2.24) is 10.2 Å². The second-order valence-corrected chi connectivity index (χ2v) is 3.60. The highest BCUT2D eigenvalue weighted by molar-refractivity contribution is 5.82. The molecule has 0 bridgehead atoms. The molecule has 0 heterocycles. The zero-order valence-corrected chi connectivity index (χ0v) is 9.54. The molecule has 1 unspecified atom stereocenters. The number of carboxylic acids is 1. The van der Waals surface area contributed by atoms with Gasteiger partial charge in [0.25, 0.3) is 0 Å². The molecule has 0 aliphatic rings. The predicted molar refractivity (Wildman–Crippen MR) is 53.5 cm³/mol. The zero-order valence-electron chi connectivity index (χ0n) is 9.54. The number of nitrogens with zero attached hydrogens (tertiary/aromatic N) is 1. The lowest BCUT2D eigenvalue weighted by molar-refractivity contribution is -0.140. The van der Waals surface area contributed by atoms with Gasteiger partial charge in [-0.2, -0.15) is 13.2 Å². The van der Waals surface area contributed by atoms with Gasteiger partial charge in [-0.1, -0.05) is 13.3 Å². The SMILES string of the molecule is CCCC(NC(=O)N(C)CC(F)(F)F)C(=O)O. The van der Waals surface area contributed by atoms with Gasteiger partial charge in [-0.25, -0.2) is 9.59 Å². The summed E-state index contributed by atoms with van der Waals surface area (Å²) in [6.45, 7) is 0.290. The van der Waals surface area contributed by atoms with Crippen LogP contribution in [0.3, 0.4) is 0 Å². The van der Waals surface area contributed by atoms with Crippen LogP contribution in [-0.4, -0.2) is 47.8 Å². The summed E-state index contributed by atoms with van der Waals surface area (Å²) in [5.74, 6) is -1.26. The third kappa shape index (κ3) is 6.64. The summed E-state index contributed by atoms with van der Waals surface area (Å²) in [4.78, 5) is 22.3. The molecular weight excluding hydrogens is 241 g/mol. The van der Waals surface area contributed by atoms with Crippen molar-refractivity contribution in [3.63, 3.8) is 0 Å². The maximum absolute atomic E-state index is 12.0.